The Morgan fingerprint density at radius 1 is 0.283 bits per heavy atom. The van der Waals surface area contributed by atoms with Gasteiger partial charge in [-0.25, -0.2) is 20.5 Å². The largest absolute Gasteiger partial charge is 0.201 e. The Bertz CT molecular complexity index is 1710. The summed E-state index contributed by atoms with van der Waals surface area (Å²) in [5, 5.41) is 8.24. The Hall–Kier alpha value is -5.64. The molecule has 0 radical (unpaired) electrons. The molecule has 2 fully saturated rings. The van der Waals surface area contributed by atoms with Crippen molar-refractivity contribution in [2.45, 2.75) is 12.3 Å². The Morgan fingerprint density at radius 2 is 0.543 bits per heavy atom. The lowest BCUT2D eigenvalue weighted by atomic mass is 10.1. The molecule has 2 aliphatic rings. The molecular weight excluding hydrogens is 568 g/mol. The summed E-state index contributed by atoms with van der Waals surface area (Å²) in [7, 11) is 0. The highest BCUT2D eigenvalue weighted by Crippen LogP contribution is 2.32. The summed E-state index contributed by atoms with van der Waals surface area (Å²) in [4.78, 5) is 0. The third kappa shape index (κ3) is 5.53. The predicted molar refractivity (Wildman–Crippen MR) is 186 cm³/mol. The number of nitrogens with zero attached hydrogens (tertiary/aromatic N) is 4. The quantitative estimate of drug-likeness (QED) is 0.152. The van der Waals surface area contributed by atoms with Crippen molar-refractivity contribution in [3.8, 4) is 11.1 Å². The van der Waals surface area contributed by atoms with Crippen molar-refractivity contribution in [2.24, 2.45) is 0 Å². The van der Waals surface area contributed by atoms with Crippen LogP contribution in [0, 0.1) is 0 Å². The second-order valence-corrected chi connectivity index (χ2v) is 11.2. The minimum atomic E-state index is -0.0701. The first-order chi connectivity index (χ1) is 22.8. The Kier molecular flexibility index (Phi) is 7.51. The molecule has 8 heteroatoms. The van der Waals surface area contributed by atoms with Crippen LogP contribution in [0.25, 0.3) is 11.1 Å². The summed E-state index contributed by atoms with van der Waals surface area (Å²) < 4.78 is 0. The van der Waals surface area contributed by atoms with E-state index in [-0.39, 0.29) is 12.3 Å². The minimum Gasteiger partial charge on any atom is -0.201 e. The van der Waals surface area contributed by atoms with Crippen molar-refractivity contribution in [3.05, 3.63) is 181 Å². The van der Waals surface area contributed by atoms with Gasteiger partial charge in [-0.15, -0.1) is 0 Å². The fourth-order valence-corrected chi connectivity index (χ4v) is 5.86. The van der Waals surface area contributed by atoms with Gasteiger partial charge < -0.3 is 0 Å². The fourth-order valence-electron chi connectivity index (χ4n) is 5.86. The second kappa shape index (κ2) is 12.4. The number of para-hydroxylation sites is 2. The average molecular weight is 603 g/mol. The SMILES string of the molecule is c1ccc(C2NN(c3ccccc3)N(c3ccc(-c4ccc(N5NC(c6ccccc6)NN5c5ccccc5)cc4)cc3)N2)cc1. The van der Waals surface area contributed by atoms with Crippen LogP contribution in [0.2, 0.25) is 0 Å². The van der Waals surface area contributed by atoms with Gasteiger partial charge in [0.25, 0.3) is 0 Å². The number of benzene rings is 6. The first kappa shape index (κ1) is 27.9. The van der Waals surface area contributed by atoms with E-state index >= 15 is 0 Å². The highest BCUT2D eigenvalue weighted by molar-refractivity contribution is 5.70. The van der Waals surface area contributed by atoms with Crippen LogP contribution in [0.15, 0.2) is 170 Å². The van der Waals surface area contributed by atoms with Gasteiger partial charge in [0.05, 0.1) is 22.7 Å². The number of hydrogen-bond acceptors (Lipinski definition) is 8. The smallest absolute Gasteiger partial charge is 0.122 e. The van der Waals surface area contributed by atoms with Gasteiger partial charge in [0.15, 0.2) is 0 Å². The van der Waals surface area contributed by atoms with Gasteiger partial charge in [0, 0.05) is 0 Å². The summed E-state index contributed by atoms with van der Waals surface area (Å²) in [6.45, 7) is 0. The molecule has 6 aromatic rings. The lowest BCUT2D eigenvalue weighted by Gasteiger charge is -2.29. The molecule has 8 nitrogen and oxygen atoms in total. The number of hydrogen-bond donors (Lipinski definition) is 4. The summed E-state index contributed by atoms with van der Waals surface area (Å²) in [5.41, 5.74) is 23.2. The van der Waals surface area contributed by atoms with Crippen LogP contribution >= 0.6 is 0 Å². The molecule has 0 bridgehead atoms. The normalized spacial score (nSPS) is 17.9. The first-order valence-corrected chi connectivity index (χ1v) is 15.5. The Morgan fingerprint density at radius 3 is 0.848 bits per heavy atom. The standard InChI is InChI=1S/C38H34N8/c1-5-13-31(14-6-1)37-39-43(33-17-9-3-10-18-33)45(41-37)35-25-21-29(22-26-35)30-23-27-36(28-24-30)46-42-38(32-15-7-2-8-16-32)40-44(46)34-19-11-4-12-20-34/h1-28,37-42H. The second-order valence-electron chi connectivity index (χ2n) is 11.2. The molecule has 8 rings (SSSR count). The van der Waals surface area contributed by atoms with E-state index in [1.54, 1.807) is 0 Å². The molecule has 2 atom stereocenters. The van der Waals surface area contributed by atoms with Crippen LogP contribution in [0.4, 0.5) is 22.7 Å². The van der Waals surface area contributed by atoms with Gasteiger partial charge in [-0.1, -0.05) is 121 Å². The monoisotopic (exact) mass is 602 g/mol. The first-order valence-electron chi connectivity index (χ1n) is 15.5. The molecule has 2 aliphatic heterocycles. The van der Waals surface area contributed by atoms with Crippen LogP contribution < -0.4 is 42.2 Å². The van der Waals surface area contributed by atoms with E-state index in [1.165, 1.54) is 0 Å². The third-order valence-electron chi connectivity index (χ3n) is 8.23. The number of anilines is 4. The minimum absolute atomic E-state index is 0.0701. The maximum absolute atomic E-state index is 3.63. The topological polar surface area (TPSA) is 61.1 Å². The highest BCUT2D eigenvalue weighted by atomic mass is 16.0. The molecule has 0 amide bonds. The maximum Gasteiger partial charge on any atom is 0.122 e. The zero-order valence-electron chi connectivity index (χ0n) is 25.1. The van der Waals surface area contributed by atoms with Crippen LogP contribution in [0.1, 0.15) is 23.5 Å². The van der Waals surface area contributed by atoms with Gasteiger partial charge >= 0.3 is 0 Å². The predicted octanol–water partition coefficient (Wildman–Crippen LogP) is 7.25. The fraction of sp³-hybridized carbons (Fsp3) is 0.0526. The van der Waals surface area contributed by atoms with E-state index < -0.39 is 0 Å². The van der Waals surface area contributed by atoms with Crippen LogP contribution in [-0.2, 0) is 0 Å². The van der Waals surface area contributed by atoms with E-state index in [0.29, 0.717) is 0 Å². The lowest BCUT2D eigenvalue weighted by Crippen LogP contribution is -2.45. The van der Waals surface area contributed by atoms with Gasteiger partial charge in [0.2, 0.25) is 0 Å². The molecule has 46 heavy (non-hydrogen) atoms. The van der Waals surface area contributed by atoms with Crippen molar-refractivity contribution in [1.82, 2.24) is 21.7 Å². The van der Waals surface area contributed by atoms with Crippen LogP contribution in [-0.4, -0.2) is 0 Å². The maximum atomic E-state index is 3.63. The van der Waals surface area contributed by atoms with Gasteiger partial charge in [0.1, 0.15) is 12.3 Å². The molecule has 0 aliphatic carbocycles. The van der Waals surface area contributed by atoms with Crippen molar-refractivity contribution < 1.29 is 0 Å². The van der Waals surface area contributed by atoms with Crippen molar-refractivity contribution in [2.75, 3.05) is 20.5 Å². The number of nitrogens with one attached hydrogen (secondary N) is 4. The van der Waals surface area contributed by atoms with E-state index in [1.807, 2.05) is 48.5 Å². The summed E-state index contributed by atoms with van der Waals surface area (Å²) >= 11 is 0. The number of rotatable bonds is 7. The van der Waals surface area contributed by atoms with Crippen LogP contribution in [0.3, 0.4) is 0 Å². The molecule has 2 heterocycles. The van der Waals surface area contributed by atoms with Crippen molar-refractivity contribution in [1.29, 1.82) is 0 Å². The zero-order chi connectivity index (χ0) is 30.7. The molecule has 2 saturated heterocycles. The van der Waals surface area contributed by atoms with Crippen molar-refractivity contribution in [3.63, 3.8) is 0 Å². The van der Waals surface area contributed by atoms with Gasteiger partial charge in [-0.2, -0.15) is 21.7 Å². The molecule has 0 aromatic heterocycles. The zero-order valence-corrected chi connectivity index (χ0v) is 25.1. The molecule has 2 unspecified atom stereocenters. The van der Waals surface area contributed by atoms with Gasteiger partial charge in [-0.05, 0) is 70.8 Å². The van der Waals surface area contributed by atoms with E-state index in [2.05, 4.69) is 164 Å². The lowest BCUT2D eigenvalue weighted by molar-refractivity contribution is 0.574. The van der Waals surface area contributed by atoms with Gasteiger partial charge in [-0.3, -0.25) is 0 Å². The van der Waals surface area contributed by atoms with E-state index in [4.69, 9.17) is 0 Å². The number of hydrazine groups is 6. The average Bonchev–Trinajstić information content (AvgIpc) is 3.80. The molecule has 4 N–H and O–H groups in total. The van der Waals surface area contributed by atoms with E-state index in [0.717, 1.165) is 45.0 Å². The summed E-state index contributed by atoms with van der Waals surface area (Å²) in [6, 6.07) is 58.7. The highest BCUT2D eigenvalue weighted by Gasteiger charge is 2.32. The molecular formula is C38H34N8. The Balaban J connectivity index is 1.03. The molecule has 0 spiro atoms. The van der Waals surface area contributed by atoms with Crippen LogP contribution in [0.5, 0.6) is 0 Å². The summed E-state index contributed by atoms with van der Waals surface area (Å²) in [5.74, 6) is 0. The summed E-state index contributed by atoms with van der Waals surface area (Å²) in [6.07, 6.45) is -0.140. The Labute approximate surface area is 268 Å². The molecule has 6 aromatic carbocycles. The van der Waals surface area contributed by atoms with Crippen molar-refractivity contribution >= 4 is 22.7 Å². The molecule has 226 valence electrons. The third-order valence-corrected chi connectivity index (χ3v) is 8.23. The van der Waals surface area contributed by atoms with E-state index in [9.17, 15) is 0 Å². The molecule has 0 saturated carbocycles.